The molecule has 13 heteroatoms. The molecule has 0 aliphatic carbocycles. The van der Waals surface area contributed by atoms with Gasteiger partial charge in [-0.2, -0.15) is 18.3 Å². The summed E-state index contributed by atoms with van der Waals surface area (Å²) in [6.07, 6.45) is -5.94. The smallest absolute Gasteiger partial charge is 0.418 e. The van der Waals surface area contributed by atoms with E-state index in [2.05, 4.69) is 5.10 Å². The standard InChI is InChI=1S/C18H17F3N4O6/c1-3-8-24-15(26)7-6-14(23-24)17(28)31-10(2)16(27)22-13-5-4-11(25(29)30)9-12(13)18(19,20)21/h4-7,9-10H,3,8H2,1-2H3,(H,22,27). The van der Waals surface area contributed by atoms with Gasteiger partial charge in [0.25, 0.3) is 17.2 Å². The van der Waals surface area contributed by atoms with Crippen molar-refractivity contribution in [2.45, 2.75) is 39.1 Å². The number of amides is 1. The number of carbonyl (C=O) groups is 2. The predicted molar refractivity (Wildman–Crippen MR) is 100 cm³/mol. The number of benzene rings is 1. The topological polar surface area (TPSA) is 133 Å². The fourth-order valence-electron chi connectivity index (χ4n) is 2.43. The van der Waals surface area contributed by atoms with Gasteiger partial charge in [-0.3, -0.25) is 19.7 Å². The molecule has 2 rings (SSSR count). The molecule has 31 heavy (non-hydrogen) atoms. The maximum absolute atomic E-state index is 13.2. The van der Waals surface area contributed by atoms with Crippen molar-refractivity contribution in [3.63, 3.8) is 0 Å². The molecule has 0 aliphatic rings. The van der Waals surface area contributed by atoms with E-state index in [4.69, 9.17) is 4.74 Å². The van der Waals surface area contributed by atoms with Crippen molar-refractivity contribution in [1.82, 2.24) is 9.78 Å². The number of anilines is 1. The second-order valence-corrected chi connectivity index (χ2v) is 6.30. The van der Waals surface area contributed by atoms with E-state index < -0.39 is 51.6 Å². The number of rotatable bonds is 7. The number of carbonyl (C=O) groups excluding carboxylic acids is 2. The third-order valence-corrected chi connectivity index (χ3v) is 3.94. The SMILES string of the molecule is CCCn1nc(C(=O)OC(C)C(=O)Nc2ccc([N+](=O)[O-])cc2C(F)(F)F)ccc1=O. The van der Waals surface area contributed by atoms with E-state index >= 15 is 0 Å². The highest BCUT2D eigenvalue weighted by Gasteiger charge is 2.36. The minimum Gasteiger partial charge on any atom is -0.448 e. The summed E-state index contributed by atoms with van der Waals surface area (Å²) < 4.78 is 45.6. The summed E-state index contributed by atoms with van der Waals surface area (Å²) >= 11 is 0. The maximum atomic E-state index is 13.2. The summed E-state index contributed by atoms with van der Waals surface area (Å²) in [5, 5.41) is 16.5. The van der Waals surface area contributed by atoms with Crippen LogP contribution in [0, 0.1) is 10.1 Å². The predicted octanol–water partition coefficient (Wildman–Crippen LogP) is 2.76. The Morgan fingerprint density at radius 1 is 1.29 bits per heavy atom. The minimum atomic E-state index is -4.98. The number of nitro benzene ring substituents is 1. The van der Waals surface area contributed by atoms with Crippen LogP contribution in [0.15, 0.2) is 35.1 Å². The molecule has 0 saturated carbocycles. The van der Waals surface area contributed by atoms with Crippen LogP contribution in [0.3, 0.4) is 0 Å². The number of esters is 1. The molecule has 1 aromatic carbocycles. The number of nitro groups is 1. The maximum Gasteiger partial charge on any atom is 0.418 e. The Bertz CT molecular complexity index is 1070. The van der Waals surface area contributed by atoms with Crippen LogP contribution < -0.4 is 10.9 Å². The Hall–Kier alpha value is -3.77. The first-order chi connectivity index (χ1) is 14.4. The lowest BCUT2D eigenvalue weighted by atomic mass is 10.1. The second-order valence-electron chi connectivity index (χ2n) is 6.30. The van der Waals surface area contributed by atoms with Crippen LogP contribution in [0.2, 0.25) is 0 Å². The Morgan fingerprint density at radius 3 is 2.55 bits per heavy atom. The van der Waals surface area contributed by atoms with Crippen molar-refractivity contribution < 1.29 is 32.4 Å². The van der Waals surface area contributed by atoms with Crippen LogP contribution >= 0.6 is 0 Å². The van der Waals surface area contributed by atoms with E-state index in [1.807, 2.05) is 5.32 Å². The first kappa shape index (κ1) is 23.5. The van der Waals surface area contributed by atoms with Gasteiger partial charge in [-0.15, -0.1) is 0 Å². The summed E-state index contributed by atoms with van der Waals surface area (Å²) in [7, 11) is 0. The largest absolute Gasteiger partial charge is 0.448 e. The van der Waals surface area contributed by atoms with E-state index in [9.17, 15) is 37.7 Å². The molecule has 1 aromatic heterocycles. The molecule has 0 aliphatic heterocycles. The Morgan fingerprint density at radius 2 is 1.97 bits per heavy atom. The van der Waals surface area contributed by atoms with E-state index in [-0.39, 0.29) is 18.3 Å². The molecule has 0 radical (unpaired) electrons. The van der Waals surface area contributed by atoms with Crippen LogP contribution in [0.25, 0.3) is 0 Å². The summed E-state index contributed by atoms with van der Waals surface area (Å²) in [5.74, 6) is -2.16. The first-order valence-electron chi connectivity index (χ1n) is 8.89. The summed E-state index contributed by atoms with van der Waals surface area (Å²) in [5.41, 5.74) is -3.68. The Kier molecular flexibility index (Phi) is 7.10. The number of hydrogen-bond donors (Lipinski definition) is 1. The van der Waals surface area contributed by atoms with Gasteiger partial charge in [0.2, 0.25) is 0 Å². The summed E-state index contributed by atoms with van der Waals surface area (Å²) in [6, 6.07) is 4.00. The van der Waals surface area contributed by atoms with Crippen molar-refractivity contribution in [3.8, 4) is 0 Å². The number of halogens is 3. The number of alkyl halides is 3. The zero-order valence-electron chi connectivity index (χ0n) is 16.3. The molecule has 1 unspecified atom stereocenters. The number of ether oxygens (including phenoxy) is 1. The van der Waals surface area contributed by atoms with E-state index in [0.29, 0.717) is 6.42 Å². The Balaban J connectivity index is 2.18. The van der Waals surface area contributed by atoms with Gasteiger partial charge in [0.15, 0.2) is 11.8 Å². The molecule has 10 nitrogen and oxygen atoms in total. The molecule has 1 heterocycles. The van der Waals surface area contributed by atoms with Gasteiger partial charge < -0.3 is 10.1 Å². The number of aryl methyl sites for hydroxylation is 1. The third kappa shape index (κ3) is 5.87. The van der Waals surface area contributed by atoms with Gasteiger partial charge in [-0.1, -0.05) is 6.92 Å². The molecule has 0 fully saturated rings. The van der Waals surface area contributed by atoms with Crippen LogP contribution in [0.4, 0.5) is 24.5 Å². The van der Waals surface area contributed by atoms with E-state index in [0.717, 1.165) is 35.9 Å². The molecular formula is C18H17F3N4O6. The number of hydrogen-bond acceptors (Lipinski definition) is 7. The number of nitrogens with one attached hydrogen (secondary N) is 1. The fraction of sp³-hybridized carbons (Fsp3) is 0.333. The average Bonchev–Trinajstić information content (AvgIpc) is 2.68. The van der Waals surface area contributed by atoms with Gasteiger partial charge in [0, 0.05) is 24.7 Å². The highest BCUT2D eigenvalue weighted by Crippen LogP contribution is 2.37. The third-order valence-electron chi connectivity index (χ3n) is 3.94. The fourth-order valence-corrected chi connectivity index (χ4v) is 2.43. The number of non-ortho nitro benzene ring substituents is 1. The van der Waals surface area contributed by atoms with Crippen molar-refractivity contribution in [3.05, 3.63) is 62.1 Å². The second kappa shape index (κ2) is 9.36. The molecule has 166 valence electrons. The molecule has 0 bridgehead atoms. The van der Waals surface area contributed by atoms with E-state index in [1.54, 1.807) is 6.92 Å². The zero-order valence-corrected chi connectivity index (χ0v) is 16.3. The summed E-state index contributed by atoms with van der Waals surface area (Å²) in [6.45, 7) is 3.16. The normalized spacial score (nSPS) is 12.2. The molecule has 1 N–H and O–H groups in total. The molecule has 1 amide bonds. The number of nitrogens with zero attached hydrogens (tertiary/aromatic N) is 3. The van der Waals surface area contributed by atoms with Gasteiger partial charge in [0.1, 0.15) is 0 Å². The Labute approximate surface area is 172 Å². The van der Waals surface area contributed by atoms with Gasteiger partial charge in [-0.25, -0.2) is 9.48 Å². The number of aromatic nitrogens is 2. The van der Waals surface area contributed by atoms with Gasteiger partial charge >= 0.3 is 12.1 Å². The molecule has 0 spiro atoms. The highest BCUT2D eigenvalue weighted by atomic mass is 19.4. The van der Waals surface area contributed by atoms with Crippen molar-refractivity contribution >= 4 is 23.3 Å². The zero-order chi connectivity index (χ0) is 23.3. The van der Waals surface area contributed by atoms with Crippen molar-refractivity contribution in [1.29, 1.82) is 0 Å². The van der Waals surface area contributed by atoms with E-state index in [1.165, 1.54) is 0 Å². The molecule has 0 saturated heterocycles. The van der Waals surface area contributed by atoms with Crippen LogP contribution in [-0.2, 0) is 22.3 Å². The average molecular weight is 442 g/mol. The van der Waals surface area contributed by atoms with Gasteiger partial charge in [-0.05, 0) is 25.5 Å². The molecular weight excluding hydrogens is 425 g/mol. The van der Waals surface area contributed by atoms with Crippen LogP contribution in [0.1, 0.15) is 36.3 Å². The quantitative estimate of drug-likeness (QED) is 0.396. The van der Waals surface area contributed by atoms with Crippen molar-refractivity contribution in [2.75, 3.05) is 5.32 Å². The van der Waals surface area contributed by atoms with Crippen LogP contribution in [0.5, 0.6) is 0 Å². The van der Waals surface area contributed by atoms with Crippen LogP contribution in [-0.4, -0.2) is 32.7 Å². The minimum absolute atomic E-state index is 0.246. The monoisotopic (exact) mass is 442 g/mol. The van der Waals surface area contributed by atoms with Crippen molar-refractivity contribution in [2.24, 2.45) is 0 Å². The van der Waals surface area contributed by atoms with Gasteiger partial charge in [0.05, 0.1) is 16.2 Å². The summed E-state index contributed by atoms with van der Waals surface area (Å²) in [4.78, 5) is 45.8. The lowest BCUT2D eigenvalue weighted by Crippen LogP contribution is -2.32. The first-order valence-corrected chi connectivity index (χ1v) is 8.89. The lowest BCUT2D eigenvalue weighted by Gasteiger charge is -2.17. The highest BCUT2D eigenvalue weighted by molar-refractivity contribution is 5.97. The molecule has 2 aromatic rings. The lowest BCUT2D eigenvalue weighted by molar-refractivity contribution is -0.385. The molecule has 1 atom stereocenters.